The molecule has 0 amide bonds. The second-order valence-electron chi connectivity index (χ2n) is 4.87. The molecule has 3 rings (SSSR count). The maximum absolute atomic E-state index is 13.8. The summed E-state index contributed by atoms with van der Waals surface area (Å²) in [4.78, 5) is 10.8. The fourth-order valence-corrected chi connectivity index (χ4v) is 1.96. The molecule has 20 heavy (non-hydrogen) atoms. The summed E-state index contributed by atoms with van der Waals surface area (Å²) in [6, 6.07) is 2.94. The predicted molar refractivity (Wildman–Crippen MR) is 66.7 cm³/mol. The summed E-state index contributed by atoms with van der Waals surface area (Å²) in [5.41, 5.74) is -1.33. The highest BCUT2D eigenvalue weighted by Gasteiger charge is 2.40. The van der Waals surface area contributed by atoms with E-state index in [0.29, 0.717) is 24.5 Å². The molecule has 1 fully saturated rings. The first-order valence-corrected chi connectivity index (χ1v) is 6.01. The first-order valence-electron chi connectivity index (χ1n) is 6.01. The molecule has 1 aliphatic carbocycles. The van der Waals surface area contributed by atoms with Crippen molar-refractivity contribution in [3.63, 3.8) is 0 Å². The van der Waals surface area contributed by atoms with Gasteiger partial charge in [0.25, 0.3) is 0 Å². The van der Waals surface area contributed by atoms with Crippen molar-refractivity contribution in [2.75, 3.05) is 11.9 Å². The number of rotatable bonds is 4. The molecule has 0 radical (unpaired) electrons. The number of anilines is 1. The third-order valence-electron chi connectivity index (χ3n) is 3.38. The zero-order valence-corrected chi connectivity index (χ0v) is 10.3. The van der Waals surface area contributed by atoms with Crippen molar-refractivity contribution in [1.82, 2.24) is 5.16 Å². The Kier molecular flexibility index (Phi) is 2.69. The van der Waals surface area contributed by atoms with Gasteiger partial charge in [0.1, 0.15) is 11.6 Å². The number of nitrogens with zero attached hydrogens (tertiary/aromatic N) is 2. The number of hydrogen-bond acceptors (Lipinski definition) is 6. The van der Waals surface area contributed by atoms with Gasteiger partial charge in [0.2, 0.25) is 0 Å². The molecule has 0 spiro atoms. The van der Waals surface area contributed by atoms with Crippen LogP contribution < -0.4 is 5.32 Å². The number of aldehydes is 1. The largest absolute Gasteiger partial charge is 0.388 e. The number of carbonyl (C=O) groups is 1. The number of nitriles is 1. The van der Waals surface area contributed by atoms with Crippen molar-refractivity contribution < 1.29 is 18.8 Å². The number of aliphatic hydroxyl groups is 1. The van der Waals surface area contributed by atoms with Crippen LogP contribution in [-0.4, -0.2) is 28.7 Å². The van der Waals surface area contributed by atoms with E-state index in [2.05, 4.69) is 10.5 Å². The van der Waals surface area contributed by atoms with Gasteiger partial charge in [-0.3, -0.25) is 4.79 Å². The molecule has 2 aromatic rings. The molecule has 1 aromatic heterocycles. The predicted octanol–water partition coefficient (Wildman–Crippen LogP) is 1.59. The molecule has 0 atom stereocenters. The molecule has 0 unspecified atom stereocenters. The van der Waals surface area contributed by atoms with Crippen LogP contribution in [0.25, 0.3) is 11.0 Å². The smallest absolute Gasteiger partial charge is 0.189 e. The first-order chi connectivity index (χ1) is 9.58. The van der Waals surface area contributed by atoms with Gasteiger partial charge in [-0.05, 0) is 18.9 Å². The van der Waals surface area contributed by atoms with E-state index in [0.717, 1.165) is 0 Å². The van der Waals surface area contributed by atoms with Crippen molar-refractivity contribution >= 4 is 23.1 Å². The maximum Gasteiger partial charge on any atom is 0.189 e. The molecular weight excluding hydrogens is 265 g/mol. The summed E-state index contributed by atoms with van der Waals surface area (Å²) in [6.07, 6.45) is 1.74. The second-order valence-corrected chi connectivity index (χ2v) is 4.87. The lowest BCUT2D eigenvalue weighted by atomic mass is 10.1. The monoisotopic (exact) mass is 275 g/mol. The highest BCUT2D eigenvalue weighted by atomic mass is 19.1. The number of nitrogens with one attached hydrogen (secondary N) is 1. The highest BCUT2D eigenvalue weighted by molar-refractivity contribution is 5.96. The summed E-state index contributed by atoms with van der Waals surface area (Å²) >= 11 is 0. The SMILES string of the molecule is N#Cc1c(F)c(C=O)cc2c(NCC3(O)CC3)noc12. The van der Waals surface area contributed by atoms with E-state index in [-0.39, 0.29) is 29.1 Å². The van der Waals surface area contributed by atoms with Crippen molar-refractivity contribution in [2.24, 2.45) is 0 Å². The van der Waals surface area contributed by atoms with E-state index < -0.39 is 11.4 Å². The quantitative estimate of drug-likeness (QED) is 0.822. The van der Waals surface area contributed by atoms with E-state index in [1.54, 1.807) is 6.07 Å². The Morgan fingerprint density at radius 1 is 1.65 bits per heavy atom. The van der Waals surface area contributed by atoms with Gasteiger partial charge in [0.05, 0.1) is 16.6 Å². The molecule has 0 aliphatic heterocycles. The fraction of sp³-hybridized carbons (Fsp3) is 0.308. The van der Waals surface area contributed by atoms with Gasteiger partial charge in [-0.1, -0.05) is 5.16 Å². The van der Waals surface area contributed by atoms with E-state index in [1.807, 2.05) is 0 Å². The fourth-order valence-electron chi connectivity index (χ4n) is 1.96. The number of benzene rings is 1. The molecule has 0 saturated heterocycles. The van der Waals surface area contributed by atoms with Crippen LogP contribution in [0.1, 0.15) is 28.8 Å². The van der Waals surface area contributed by atoms with Gasteiger partial charge in [0, 0.05) is 6.54 Å². The van der Waals surface area contributed by atoms with Crippen LogP contribution in [0.2, 0.25) is 0 Å². The molecule has 1 aromatic carbocycles. The summed E-state index contributed by atoms with van der Waals surface area (Å²) in [5, 5.41) is 25.7. The van der Waals surface area contributed by atoms with Crippen LogP contribution in [0.3, 0.4) is 0 Å². The Morgan fingerprint density at radius 2 is 2.40 bits per heavy atom. The van der Waals surface area contributed by atoms with Gasteiger partial charge in [-0.15, -0.1) is 0 Å². The molecule has 1 saturated carbocycles. The summed E-state index contributed by atoms with van der Waals surface area (Å²) in [7, 11) is 0. The molecule has 0 bridgehead atoms. The van der Waals surface area contributed by atoms with Gasteiger partial charge >= 0.3 is 0 Å². The number of carbonyl (C=O) groups excluding carboxylic acids is 1. The Balaban J connectivity index is 2.06. The number of halogens is 1. The Labute approximate surface area is 112 Å². The summed E-state index contributed by atoms with van der Waals surface area (Å²) < 4.78 is 18.8. The highest BCUT2D eigenvalue weighted by Crippen LogP contribution is 2.36. The average molecular weight is 275 g/mol. The lowest BCUT2D eigenvalue weighted by Gasteiger charge is -2.08. The van der Waals surface area contributed by atoms with E-state index in [9.17, 15) is 14.3 Å². The number of fused-ring (bicyclic) bond motifs is 1. The molecule has 6 nitrogen and oxygen atoms in total. The lowest BCUT2D eigenvalue weighted by molar-refractivity contribution is 0.112. The lowest BCUT2D eigenvalue weighted by Crippen LogP contribution is -2.20. The Bertz CT molecular complexity index is 743. The van der Waals surface area contributed by atoms with Crippen LogP contribution in [0.15, 0.2) is 10.6 Å². The van der Waals surface area contributed by atoms with Crippen molar-refractivity contribution in [3.8, 4) is 6.07 Å². The van der Waals surface area contributed by atoms with Gasteiger partial charge in [0.15, 0.2) is 23.5 Å². The molecule has 2 N–H and O–H groups in total. The third kappa shape index (κ3) is 1.90. The minimum atomic E-state index is -0.918. The van der Waals surface area contributed by atoms with Crippen molar-refractivity contribution in [3.05, 3.63) is 23.0 Å². The molecule has 1 heterocycles. The standard InChI is InChI=1S/C13H10FN3O3/c14-10-7(5-18)3-8-11(9(10)4-15)20-17-12(8)16-6-13(19)1-2-13/h3,5,19H,1-2,6H2,(H,16,17). The Morgan fingerprint density at radius 3 is 3.00 bits per heavy atom. The van der Waals surface area contributed by atoms with Crippen LogP contribution in [0.4, 0.5) is 10.2 Å². The first kappa shape index (κ1) is 12.6. The third-order valence-corrected chi connectivity index (χ3v) is 3.38. The van der Waals surface area contributed by atoms with Crippen LogP contribution >= 0.6 is 0 Å². The zero-order chi connectivity index (χ0) is 14.3. The molecule has 1 aliphatic rings. The number of aromatic nitrogens is 1. The van der Waals surface area contributed by atoms with E-state index in [1.165, 1.54) is 6.07 Å². The van der Waals surface area contributed by atoms with Crippen molar-refractivity contribution in [1.29, 1.82) is 5.26 Å². The summed E-state index contributed by atoms with van der Waals surface area (Å²) in [6.45, 7) is 0.282. The van der Waals surface area contributed by atoms with Crippen LogP contribution in [0, 0.1) is 17.1 Å². The van der Waals surface area contributed by atoms with Crippen molar-refractivity contribution in [2.45, 2.75) is 18.4 Å². The van der Waals surface area contributed by atoms with Gasteiger partial charge in [-0.2, -0.15) is 5.26 Å². The molecular formula is C13H10FN3O3. The minimum Gasteiger partial charge on any atom is -0.388 e. The average Bonchev–Trinajstić information content (AvgIpc) is 3.04. The second kappa shape index (κ2) is 4.28. The van der Waals surface area contributed by atoms with E-state index >= 15 is 0 Å². The zero-order valence-electron chi connectivity index (χ0n) is 10.3. The minimum absolute atomic E-state index is 0.0131. The summed E-state index contributed by atoms with van der Waals surface area (Å²) in [5.74, 6) is -0.640. The molecule has 7 heteroatoms. The maximum atomic E-state index is 13.8. The van der Waals surface area contributed by atoms with Gasteiger partial charge in [-0.25, -0.2) is 4.39 Å². The Hall–Kier alpha value is -2.46. The van der Waals surface area contributed by atoms with Crippen LogP contribution in [0.5, 0.6) is 0 Å². The normalized spacial score (nSPS) is 15.8. The number of hydrogen-bond donors (Lipinski definition) is 2. The van der Waals surface area contributed by atoms with Crippen LogP contribution in [-0.2, 0) is 0 Å². The molecule has 102 valence electrons. The topological polar surface area (TPSA) is 99.2 Å². The van der Waals surface area contributed by atoms with E-state index in [4.69, 9.17) is 9.78 Å². The van der Waals surface area contributed by atoms with Gasteiger partial charge < -0.3 is 14.9 Å².